The monoisotopic (exact) mass is 462 g/mol. The third-order valence-corrected chi connectivity index (χ3v) is 6.01. The Kier molecular flexibility index (Phi) is 5.83. The second-order valence-corrected chi connectivity index (χ2v) is 8.37. The number of amides is 2. The van der Waals surface area contributed by atoms with Crippen molar-refractivity contribution < 1.29 is 9.53 Å². The maximum atomic E-state index is 12.2. The van der Waals surface area contributed by atoms with Crippen molar-refractivity contribution in [2.75, 3.05) is 13.1 Å². The molecule has 9 heteroatoms. The molecule has 1 aliphatic heterocycles. The first-order valence-electron chi connectivity index (χ1n) is 10.8. The van der Waals surface area contributed by atoms with E-state index in [9.17, 15) is 4.79 Å². The summed E-state index contributed by atoms with van der Waals surface area (Å²) < 4.78 is 8.21. The number of halogens is 1. The lowest BCUT2D eigenvalue weighted by molar-refractivity contribution is 0.182. The first-order valence-corrected chi connectivity index (χ1v) is 11.1. The third-order valence-electron chi connectivity index (χ3n) is 5.69. The fraction of sp³-hybridized carbons (Fsp3) is 0.250. The molecule has 8 nitrogen and oxygen atoms in total. The van der Waals surface area contributed by atoms with Crippen molar-refractivity contribution >= 4 is 28.5 Å². The van der Waals surface area contributed by atoms with Crippen LogP contribution in [-0.2, 0) is 13.2 Å². The molecule has 5 rings (SSSR count). The van der Waals surface area contributed by atoms with Crippen LogP contribution in [0.5, 0.6) is 5.75 Å². The Morgan fingerprint density at radius 1 is 1.24 bits per heavy atom. The highest BCUT2D eigenvalue weighted by molar-refractivity contribution is 6.31. The molecule has 1 saturated heterocycles. The molecule has 0 spiro atoms. The van der Waals surface area contributed by atoms with E-state index in [1.807, 2.05) is 42.0 Å². The maximum Gasteiger partial charge on any atom is 0.317 e. The van der Waals surface area contributed by atoms with E-state index in [0.29, 0.717) is 30.4 Å². The smallest absolute Gasteiger partial charge is 0.317 e. The van der Waals surface area contributed by atoms with E-state index >= 15 is 0 Å². The van der Waals surface area contributed by atoms with Gasteiger partial charge in [-0.3, -0.25) is 4.98 Å². The fourth-order valence-corrected chi connectivity index (χ4v) is 4.28. The van der Waals surface area contributed by atoms with E-state index in [1.54, 1.807) is 29.8 Å². The fourth-order valence-electron chi connectivity index (χ4n) is 4.05. The summed E-state index contributed by atoms with van der Waals surface area (Å²) in [6, 6.07) is 7.81. The Balaban J connectivity index is 1.46. The van der Waals surface area contributed by atoms with Crippen LogP contribution in [-0.4, -0.2) is 43.5 Å². The van der Waals surface area contributed by atoms with Crippen molar-refractivity contribution in [2.45, 2.75) is 26.5 Å². The van der Waals surface area contributed by atoms with Crippen LogP contribution >= 0.6 is 11.6 Å². The quantitative estimate of drug-likeness (QED) is 0.462. The van der Waals surface area contributed by atoms with E-state index in [-0.39, 0.29) is 12.6 Å². The minimum absolute atomic E-state index is 0.0751. The van der Waals surface area contributed by atoms with Gasteiger partial charge in [0, 0.05) is 61.1 Å². The Hall–Kier alpha value is -3.65. The average Bonchev–Trinajstić information content (AvgIpc) is 3.35. The normalized spacial score (nSPS) is 13.9. The highest BCUT2D eigenvalue weighted by Crippen LogP contribution is 2.31. The first-order chi connectivity index (χ1) is 16.1. The van der Waals surface area contributed by atoms with Gasteiger partial charge >= 0.3 is 6.03 Å². The molecule has 4 heterocycles. The van der Waals surface area contributed by atoms with Crippen molar-refractivity contribution in [1.29, 1.82) is 0 Å². The number of benzene rings is 1. The van der Waals surface area contributed by atoms with Crippen LogP contribution in [0.3, 0.4) is 0 Å². The van der Waals surface area contributed by atoms with Crippen LogP contribution in [0.2, 0.25) is 5.02 Å². The summed E-state index contributed by atoms with van der Waals surface area (Å²) >= 11 is 6.50. The number of nitrogens with zero attached hydrogens (tertiary/aromatic N) is 5. The van der Waals surface area contributed by atoms with Gasteiger partial charge in [-0.05, 0) is 31.0 Å². The molecule has 4 aromatic rings. The second kappa shape index (κ2) is 9.07. The minimum Gasteiger partial charge on any atom is -0.487 e. The molecule has 1 N–H and O–H groups in total. The zero-order valence-electron chi connectivity index (χ0n) is 18.2. The van der Waals surface area contributed by atoms with Gasteiger partial charge in [0.15, 0.2) is 0 Å². The maximum absolute atomic E-state index is 12.2. The van der Waals surface area contributed by atoms with Gasteiger partial charge in [0.2, 0.25) is 0 Å². The van der Waals surface area contributed by atoms with E-state index in [0.717, 1.165) is 39.8 Å². The van der Waals surface area contributed by atoms with Crippen LogP contribution in [0.1, 0.15) is 23.2 Å². The van der Waals surface area contributed by atoms with Crippen molar-refractivity contribution in [3.63, 3.8) is 0 Å². The number of ether oxygens (including phenoxy) is 1. The largest absolute Gasteiger partial charge is 0.487 e. The molecular formula is C24H23ClN6O2. The number of fused-ring (bicyclic) bond motifs is 1. The number of carbonyl (C=O) groups excluding carboxylic acids is 1. The van der Waals surface area contributed by atoms with Gasteiger partial charge in [-0.15, -0.1) is 0 Å². The zero-order valence-corrected chi connectivity index (χ0v) is 18.9. The summed E-state index contributed by atoms with van der Waals surface area (Å²) in [5.74, 6) is 0.659. The van der Waals surface area contributed by atoms with Crippen molar-refractivity contribution in [3.8, 4) is 11.4 Å². The van der Waals surface area contributed by atoms with E-state index in [4.69, 9.17) is 21.3 Å². The van der Waals surface area contributed by atoms with Crippen LogP contribution in [0, 0.1) is 6.92 Å². The van der Waals surface area contributed by atoms with Gasteiger partial charge in [-0.1, -0.05) is 23.7 Å². The topological polar surface area (TPSA) is 85.2 Å². The summed E-state index contributed by atoms with van der Waals surface area (Å²) in [6.07, 6.45) is 9.67. The number of aromatic nitrogens is 4. The van der Waals surface area contributed by atoms with Crippen LogP contribution in [0.15, 0.2) is 55.4 Å². The predicted octanol–water partition coefficient (Wildman–Crippen LogP) is 4.27. The second-order valence-electron chi connectivity index (χ2n) is 7.96. The number of rotatable bonds is 6. The van der Waals surface area contributed by atoms with Gasteiger partial charge in [-0.2, -0.15) is 0 Å². The van der Waals surface area contributed by atoms with Crippen LogP contribution in [0.4, 0.5) is 4.79 Å². The molecule has 1 aromatic carbocycles. The molecule has 33 heavy (non-hydrogen) atoms. The van der Waals surface area contributed by atoms with Crippen molar-refractivity contribution in [2.24, 2.45) is 0 Å². The van der Waals surface area contributed by atoms with Gasteiger partial charge < -0.3 is 19.5 Å². The molecule has 168 valence electrons. The standard InChI is InChI=1S/C24H23ClN6O2/c1-16-10-21(31-9-7-26-15-31)18-4-2-5-22(23(18)29-16)33-14-19-17(11-27-12-20(19)25)13-30-8-3-6-28-24(30)32/h2,4-5,7,9-12,15H,3,6,8,13-14H2,1H3,(H,28,32). The molecule has 0 saturated carbocycles. The molecule has 0 unspecified atom stereocenters. The molecule has 0 bridgehead atoms. The Bertz CT molecular complexity index is 1310. The highest BCUT2D eigenvalue weighted by Gasteiger charge is 2.20. The van der Waals surface area contributed by atoms with Crippen molar-refractivity contribution in [1.82, 2.24) is 29.7 Å². The number of pyridine rings is 2. The lowest BCUT2D eigenvalue weighted by Gasteiger charge is -2.28. The van der Waals surface area contributed by atoms with Gasteiger partial charge in [-0.25, -0.2) is 14.8 Å². The average molecular weight is 463 g/mol. The molecule has 3 aromatic heterocycles. The molecule has 0 radical (unpaired) electrons. The predicted molar refractivity (Wildman–Crippen MR) is 126 cm³/mol. The van der Waals surface area contributed by atoms with Gasteiger partial charge in [0.1, 0.15) is 17.9 Å². The number of hydrogen-bond donors (Lipinski definition) is 1. The van der Waals surface area contributed by atoms with Crippen molar-refractivity contribution in [3.05, 3.63) is 77.2 Å². The van der Waals surface area contributed by atoms with E-state index in [2.05, 4.69) is 15.3 Å². The molecule has 1 fully saturated rings. The van der Waals surface area contributed by atoms with E-state index < -0.39 is 0 Å². The molecule has 0 aliphatic carbocycles. The molecule has 0 atom stereocenters. The minimum atomic E-state index is -0.0751. The summed E-state index contributed by atoms with van der Waals surface area (Å²) in [6.45, 7) is 4.02. The number of nitrogens with one attached hydrogen (secondary N) is 1. The lowest BCUT2D eigenvalue weighted by Crippen LogP contribution is -2.45. The Morgan fingerprint density at radius 2 is 2.15 bits per heavy atom. The number of aryl methyl sites for hydroxylation is 1. The number of hydrogen-bond acceptors (Lipinski definition) is 5. The van der Waals surface area contributed by atoms with Gasteiger partial charge in [0.05, 0.1) is 17.0 Å². The summed E-state index contributed by atoms with van der Waals surface area (Å²) in [7, 11) is 0. The third kappa shape index (κ3) is 4.34. The number of imidazole rings is 1. The SMILES string of the molecule is Cc1cc(-n2ccnc2)c2cccc(OCc3c(Cl)cncc3CN3CCCNC3=O)c2n1. The zero-order chi connectivity index (χ0) is 22.8. The first kappa shape index (κ1) is 21.2. The highest BCUT2D eigenvalue weighted by atomic mass is 35.5. The van der Waals surface area contributed by atoms with E-state index in [1.165, 1.54) is 0 Å². The van der Waals surface area contributed by atoms with Crippen LogP contribution in [0.25, 0.3) is 16.6 Å². The Labute approximate surface area is 196 Å². The summed E-state index contributed by atoms with van der Waals surface area (Å²) in [4.78, 5) is 27.1. The molecule has 1 aliphatic rings. The number of para-hydroxylation sites is 1. The number of carbonyl (C=O) groups is 1. The Morgan fingerprint density at radius 3 is 2.97 bits per heavy atom. The molecule has 2 amide bonds. The number of urea groups is 1. The van der Waals surface area contributed by atoms with Crippen LogP contribution < -0.4 is 10.1 Å². The summed E-state index contributed by atoms with van der Waals surface area (Å²) in [5.41, 5.74) is 4.30. The lowest BCUT2D eigenvalue weighted by atomic mass is 10.1. The van der Waals surface area contributed by atoms with Gasteiger partial charge in [0.25, 0.3) is 0 Å². The summed E-state index contributed by atoms with van der Waals surface area (Å²) in [5, 5.41) is 4.34. The molecular weight excluding hydrogens is 440 g/mol.